The van der Waals surface area contributed by atoms with Crippen LogP contribution in [-0.4, -0.2) is 76.0 Å². The molecule has 2 amide bonds. The minimum absolute atomic E-state index is 0.126. The Kier molecular flexibility index (Phi) is 6.73. The van der Waals surface area contributed by atoms with Crippen molar-refractivity contribution in [3.8, 4) is 0 Å². The van der Waals surface area contributed by atoms with E-state index >= 15 is 0 Å². The number of carboxylic acid groups (broad SMARTS) is 1. The Morgan fingerprint density at radius 1 is 1.36 bits per heavy atom. The second-order valence-electron chi connectivity index (χ2n) is 7.31. The van der Waals surface area contributed by atoms with Gasteiger partial charge in [0.1, 0.15) is 6.54 Å². The monoisotopic (exact) mass is 371 g/mol. The first-order valence-corrected chi connectivity index (χ1v) is 10.3. The Bertz CT molecular complexity index is 518. The molecule has 0 radical (unpaired) electrons. The van der Waals surface area contributed by atoms with Crippen LogP contribution in [0.4, 0.5) is 0 Å². The van der Waals surface area contributed by atoms with Crippen molar-refractivity contribution in [1.29, 1.82) is 0 Å². The summed E-state index contributed by atoms with van der Waals surface area (Å²) < 4.78 is 0. The molecule has 2 saturated heterocycles. The summed E-state index contributed by atoms with van der Waals surface area (Å²) in [5, 5.41) is 12.6. The lowest BCUT2D eigenvalue weighted by molar-refractivity contribution is -0.148. The van der Waals surface area contributed by atoms with Gasteiger partial charge in [-0.25, -0.2) is 0 Å². The minimum atomic E-state index is -1.00. The number of aliphatic carboxylic acids is 1. The number of rotatable bonds is 7. The molecule has 0 aliphatic carbocycles. The highest BCUT2D eigenvalue weighted by molar-refractivity contribution is 7.98. The van der Waals surface area contributed by atoms with E-state index in [0.29, 0.717) is 44.7 Å². The topological polar surface area (TPSA) is 90.0 Å². The normalized spacial score (nSPS) is 22.9. The molecule has 2 aliphatic rings. The molecule has 1 atom stereocenters. The molecule has 2 N–H and O–H groups in total. The molecule has 2 rings (SSSR count). The third kappa shape index (κ3) is 4.67. The lowest BCUT2D eigenvalue weighted by atomic mass is 9.95. The Balaban J connectivity index is 2.08. The number of hydrogen-bond acceptors (Lipinski definition) is 5. The molecule has 2 fully saturated rings. The van der Waals surface area contributed by atoms with Gasteiger partial charge in [0.15, 0.2) is 0 Å². The van der Waals surface area contributed by atoms with Crippen LogP contribution < -0.4 is 5.32 Å². The zero-order valence-electron chi connectivity index (χ0n) is 15.3. The van der Waals surface area contributed by atoms with Crippen LogP contribution in [-0.2, 0) is 14.4 Å². The zero-order chi connectivity index (χ0) is 18.6. The van der Waals surface area contributed by atoms with Crippen LogP contribution in [0.25, 0.3) is 0 Å². The molecule has 2 aliphatic heterocycles. The number of hydrogen-bond donors (Lipinski definition) is 2. The van der Waals surface area contributed by atoms with E-state index in [0.717, 1.165) is 5.75 Å². The summed E-state index contributed by atoms with van der Waals surface area (Å²) in [5.74, 6) is 0.169. The average Bonchev–Trinajstić information content (AvgIpc) is 2.78. The van der Waals surface area contributed by atoms with E-state index in [1.54, 1.807) is 11.8 Å². The van der Waals surface area contributed by atoms with Crippen molar-refractivity contribution < 1.29 is 19.5 Å². The number of likely N-dealkylation sites (tertiary alicyclic amines) is 1. The van der Waals surface area contributed by atoms with Crippen LogP contribution in [0, 0.1) is 5.92 Å². The fourth-order valence-electron chi connectivity index (χ4n) is 3.68. The van der Waals surface area contributed by atoms with Gasteiger partial charge in [-0.15, -0.1) is 0 Å². The first-order valence-electron chi connectivity index (χ1n) is 8.87. The number of carbonyl (C=O) groups excluding carboxylic acids is 2. The van der Waals surface area contributed by atoms with E-state index in [1.807, 2.05) is 25.0 Å². The second kappa shape index (κ2) is 8.40. The standard InChI is InChI=1S/C17H29N3O4S/c1-12(2)10-14(21)19-7-5-17(6-8-19)18-13(4-9-25-3)16(24)20(17)11-15(22)23/h12-13,18H,4-11H2,1-3H3,(H,22,23). The van der Waals surface area contributed by atoms with Gasteiger partial charge in [0.05, 0.1) is 11.7 Å². The highest BCUT2D eigenvalue weighted by Crippen LogP contribution is 2.33. The van der Waals surface area contributed by atoms with Gasteiger partial charge in [0.2, 0.25) is 11.8 Å². The predicted octanol–water partition coefficient (Wildman–Crippen LogP) is 0.989. The van der Waals surface area contributed by atoms with Gasteiger partial charge >= 0.3 is 5.97 Å². The van der Waals surface area contributed by atoms with Gasteiger partial charge in [-0.1, -0.05) is 13.8 Å². The van der Waals surface area contributed by atoms with Crippen LogP contribution in [0.15, 0.2) is 0 Å². The van der Waals surface area contributed by atoms with Crippen molar-refractivity contribution in [2.24, 2.45) is 5.92 Å². The number of carbonyl (C=O) groups is 3. The fraction of sp³-hybridized carbons (Fsp3) is 0.824. The Morgan fingerprint density at radius 3 is 2.52 bits per heavy atom. The molecule has 0 aromatic heterocycles. The van der Waals surface area contributed by atoms with Gasteiger partial charge in [-0.2, -0.15) is 11.8 Å². The molecule has 2 heterocycles. The van der Waals surface area contributed by atoms with Crippen molar-refractivity contribution in [2.45, 2.75) is 51.2 Å². The SMILES string of the molecule is CSCCC1NC2(CCN(C(=O)CC(C)C)CC2)N(CC(=O)O)C1=O. The summed E-state index contributed by atoms with van der Waals surface area (Å²) in [4.78, 5) is 39.5. The molecule has 0 aromatic rings. The maximum absolute atomic E-state index is 12.7. The molecule has 0 saturated carbocycles. The lowest BCUT2D eigenvalue weighted by Crippen LogP contribution is -2.60. The summed E-state index contributed by atoms with van der Waals surface area (Å²) in [6.45, 7) is 4.85. The lowest BCUT2D eigenvalue weighted by Gasteiger charge is -2.44. The zero-order valence-corrected chi connectivity index (χ0v) is 16.1. The highest BCUT2D eigenvalue weighted by Gasteiger charge is 2.52. The van der Waals surface area contributed by atoms with E-state index in [9.17, 15) is 19.5 Å². The summed E-state index contributed by atoms with van der Waals surface area (Å²) in [6, 6.07) is -0.329. The van der Waals surface area contributed by atoms with Gasteiger partial charge in [-0.3, -0.25) is 19.7 Å². The number of nitrogens with zero attached hydrogens (tertiary/aromatic N) is 2. The summed E-state index contributed by atoms with van der Waals surface area (Å²) >= 11 is 1.67. The average molecular weight is 372 g/mol. The third-order valence-electron chi connectivity index (χ3n) is 4.95. The number of piperidine rings is 1. The van der Waals surface area contributed by atoms with Crippen molar-refractivity contribution in [3.63, 3.8) is 0 Å². The number of thioether (sulfide) groups is 1. The molecular formula is C17H29N3O4S. The van der Waals surface area contributed by atoms with E-state index < -0.39 is 11.6 Å². The second-order valence-corrected chi connectivity index (χ2v) is 8.29. The number of nitrogens with one attached hydrogen (secondary N) is 1. The van der Waals surface area contributed by atoms with Gasteiger partial charge < -0.3 is 14.9 Å². The number of amides is 2. The molecule has 1 spiro atoms. The van der Waals surface area contributed by atoms with Gasteiger partial charge in [-0.05, 0) is 24.3 Å². The van der Waals surface area contributed by atoms with E-state index in [2.05, 4.69) is 5.32 Å². The molecule has 25 heavy (non-hydrogen) atoms. The van der Waals surface area contributed by atoms with Gasteiger partial charge in [0.25, 0.3) is 0 Å². The van der Waals surface area contributed by atoms with Gasteiger partial charge in [0, 0.05) is 32.4 Å². The van der Waals surface area contributed by atoms with Crippen molar-refractivity contribution in [3.05, 3.63) is 0 Å². The summed E-state index contributed by atoms with van der Waals surface area (Å²) in [6.07, 6.45) is 4.35. The molecule has 8 heteroatoms. The predicted molar refractivity (Wildman–Crippen MR) is 97.3 cm³/mol. The van der Waals surface area contributed by atoms with Crippen molar-refractivity contribution in [2.75, 3.05) is 31.6 Å². The molecule has 142 valence electrons. The van der Waals surface area contributed by atoms with Crippen LogP contribution in [0.2, 0.25) is 0 Å². The summed E-state index contributed by atoms with van der Waals surface area (Å²) in [5.41, 5.74) is -0.632. The first kappa shape index (κ1) is 20.0. The van der Waals surface area contributed by atoms with E-state index in [1.165, 1.54) is 4.90 Å². The Labute approximate surface area is 153 Å². The molecule has 1 unspecified atom stereocenters. The highest BCUT2D eigenvalue weighted by atomic mass is 32.2. The minimum Gasteiger partial charge on any atom is -0.480 e. The molecule has 0 bridgehead atoms. The molecule has 7 nitrogen and oxygen atoms in total. The maximum Gasteiger partial charge on any atom is 0.323 e. The maximum atomic E-state index is 12.7. The quantitative estimate of drug-likeness (QED) is 0.694. The van der Waals surface area contributed by atoms with Crippen molar-refractivity contribution in [1.82, 2.24) is 15.1 Å². The first-order chi connectivity index (χ1) is 11.8. The number of carboxylic acids is 1. The van der Waals surface area contributed by atoms with Crippen LogP contribution in [0.3, 0.4) is 0 Å². The van der Waals surface area contributed by atoms with E-state index in [-0.39, 0.29) is 24.4 Å². The molecule has 0 aromatic carbocycles. The Hall–Kier alpha value is -1.28. The smallest absolute Gasteiger partial charge is 0.323 e. The largest absolute Gasteiger partial charge is 0.480 e. The summed E-state index contributed by atoms with van der Waals surface area (Å²) in [7, 11) is 0. The van der Waals surface area contributed by atoms with Crippen molar-refractivity contribution >= 4 is 29.5 Å². The van der Waals surface area contributed by atoms with Crippen LogP contribution >= 0.6 is 11.8 Å². The van der Waals surface area contributed by atoms with E-state index in [4.69, 9.17) is 0 Å². The Morgan fingerprint density at radius 2 is 2.00 bits per heavy atom. The van der Waals surface area contributed by atoms with Crippen LogP contribution in [0.1, 0.15) is 39.5 Å². The van der Waals surface area contributed by atoms with Crippen LogP contribution in [0.5, 0.6) is 0 Å². The third-order valence-corrected chi connectivity index (χ3v) is 5.60. The molecular weight excluding hydrogens is 342 g/mol. The fourth-order valence-corrected chi connectivity index (χ4v) is 4.15.